The van der Waals surface area contributed by atoms with E-state index >= 15 is 0 Å². The molecule has 6 heteroatoms. The maximum atomic E-state index is 11.5. The molecule has 0 saturated carbocycles. The fourth-order valence-electron chi connectivity index (χ4n) is 3.12. The van der Waals surface area contributed by atoms with Crippen molar-refractivity contribution in [1.82, 2.24) is 5.32 Å². The van der Waals surface area contributed by atoms with Gasteiger partial charge in [-0.1, -0.05) is 30.3 Å². The van der Waals surface area contributed by atoms with Crippen LogP contribution in [0.4, 0.5) is 0 Å². The monoisotopic (exact) mass is 355 g/mol. The lowest BCUT2D eigenvalue weighted by Crippen LogP contribution is -2.23. The first-order valence-electron chi connectivity index (χ1n) is 7.55. The average molecular weight is 356 g/mol. The molecule has 23 heavy (non-hydrogen) atoms. The van der Waals surface area contributed by atoms with E-state index in [1.165, 1.54) is 10.8 Å². The van der Waals surface area contributed by atoms with Gasteiger partial charge in [0.1, 0.15) is 5.75 Å². The van der Waals surface area contributed by atoms with Gasteiger partial charge in [0.05, 0.1) is 18.6 Å². The molecule has 1 aliphatic heterocycles. The minimum atomic E-state index is -2.80. The molecule has 3 rings (SSSR count). The summed E-state index contributed by atoms with van der Waals surface area (Å²) in [5, 5.41) is 5.76. The van der Waals surface area contributed by atoms with Crippen LogP contribution in [-0.2, 0) is 16.4 Å². The molecule has 1 saturated heterocycles. The highest BCUT2D eigenvalue weighted by Gasteiger charge is 2.27. The van der Waals surface area contributed by atoms with Crippen LogP contribution in [0.15, 0.2) is 36.4 Å². The zero-order valence-electron chi connectivity index (χ0n) is 13.1. The second kappa shape index (κ2) is 7.51. The van der Waals surface area contributed by atoms with Gasteiger partial charge in [0.2, 0.25) is 0 Å². The van der Waals surface area contributed by atoms with Gasteiger partial charge < -0.3 is 10.1 Å². The van der Waals surface area contributed by atoms with Crippen LogP contribution in [0.25, 0.3) is 10.8 Å². The van der Waals surface area contributed by atoms with Crippen LogP contribution in [0.1, 0.15) is 12.0 Å². The normalized spacial score (nSPS) is 19.4. The predicted molar refractivity (Wildman–Crippen MR) is 96.2 cm³/mol. The van der Waals surface area contributed by atoms with Crippen molar-refractivity contribution in [3.05, 3.63) is 42.0 Å². The second-order valence-electron chi connectivity index (χ2n) is 5.87. The van der Waals surface area contributed by atoms with Gasteiger partial charge in [-0.05, 0) is 35.7 Å². The van der Waals surface area contributed by atoms with Crippen LogP contribution in [-0.4, -0.2) is 33.6 Å². The molecule has 0 amide bonds. The fraction of sp³-hybridized carbons (Fsp3) is 0.412. The molecule has 1 N–H and O–H groups in total. The molecular weight excluding hydrogens is 334 g/mol. The van der Waals surface area contributed by atoms with Crippen LogP contribution in [0, 0.1) is 5.92 Å². The summed E-state index contributed by atoms with van der Waals surface area (Å²) >= 11 is 0. The molecule has 4 nitrogen and oxygen atoms in total. The first kappa shape index (κ1) is 18.0. The highest BCUT2D eigenvalue weighted by Crippen LogP contribution is 2.28. The van der Waals surface area contributed by atoms with Crippen molar-refractivity contribution in [2.24, 2.45) is 5.92 Å². The van der Waals surface area contributed by atoms with Gasteiger partial charge in [-0.2, -0.15) is 0 Å². The second-order valence-corrected chi connectivity index (χ2v) is 8.10. The van der Waals surface area contributed by atoms with Crippen molar-refractivity contribution in [1.29, 1.82) is 0 Å². The van der Waals surface area contributed by atoms with Gasteiger partial charge >= 0.3 is 0 Å². The van der Waals surface area contributed by atoms with E-state index in [0.717, 1.165) is 24.3 Å². The standard InChI is InChI=1S/C17H21NO3S.ClH/c1-21-17-7-6-14-4-2-3-5-15(14)16(17)11-18-10-13-8-9-22(19,20)12-13;/h2-7,13,18H,8-12H2,1H3;1H. The number of nitrogens with one attached hydrogen (secondary N) is 1. The zero-order chi connectivity index (χ0) is 15.6. The Kier molecular flexibility index (Phi) is 5.89. The summed E-state index contributed by atoms with van der Waals surface area (Å²) in [5.74, 6) is 1.74. The molecule has 0 aromatic heterocycles. The number of methoxy groups -OCH3 is 1. The SMILES string of the molecule is COc1ccc2ccccc2c1CNCC1CCS(=O)(=O)C1.Cl. The number of hydrogen-bond acceptors (Lipinski definition) is 4. The minimum absolute atomic E-state index is 0. The van der Waals surface area contributed by atoms with Crippen molar-refractivity contribution < 1.29 is 13.2 Å². The predicted octanol–water partition coefficient (Wildman–Crippen LogP) is 2.79. The Morgan fingerprint density at radius 1 is 1.22 bits per heavy atom. The maximum Gasteiger partial charge on any atom is 0.150 e. The molecule has 1 atom stereocenters. The van der Waals surface area contributed by atoms with Gasteiger partial charge in [-0.25, -0.2) is 8.42 Å². The summed E-state index contributed by atoms with van der Waals surface area (Å²) in [4.78, 5) is 0. The van der Waals surface area contributed by atoms with Crippen LogP contribution in [0.5, 0.6) is 5.75 Å². The Hall–Kier alpha value is -1.30. The number of ether oxygens (including phenoxy) is 1. The minimum Gasteiger partial charge on any atom is -0.496 e. The maximum absolute atomic E-state index is 11.5. The van der Waals surface area contributed by atoms with Gasteiger partial charge in [-0.15, -0.1) is 12.4 Å². The van der Waals surface area contributed by atoms with E-state index in [9.17, 15) is 8.42 Å². The lowest BCUT2D eigenvalue weighted by atomic mass is 10.0. The van der Waals surface area contributed by atoms with Gasteiger partial charge in [0.15, 0.2) is 9.84 Å². The van der Waals surface area contributed by atoms with Crippen molar-refractivity contribution in [3.63, 3.8) is 0 Å². The highest BCUT2D eigenvalue weighted by atomic mass is 35.5. The third-order valence-corrected chi connectivity index (χ3v) is 6.12. The number of halogens is 1. The van der Waals surface area contributed by atoms with Crippen molar-refractivity contribution in [3.8, 4) is 5.75 Å². The van der Waals surface area contributed by atoms with E-state index in [1.807, 2.05) is 18.2 Å². The van der Waals surface area contributed by atoms with Gasteiger partial charge in [0.25, 0.3) is 0 Å². The third kappa shape index (κ3) is 4.16. The summed E-state index contributed by atoms with van der Waals surface area (Å²) in [6.45, 7) is 1.41. The van der Waals surface area contributed by atoms with E-state index in [-0.39, 0.29) is 18.3 Å². The van der Waals surface area contributed by atoms with Crippen LogP contribution < -0.4 is 10.1 Å². The van der Waals surface area contributed by atoms with E-state index in [4.69, 9.17) is 4.74 Å². The molecule has 0 aliphatic carbocycles. The number of fused-ring (bicyclic) bond motifs is 1. The average Bonchev–Trinajstić information content (AvgIpc) is 2.86. The summed E-state index contributed by atoms with van der Waals surface area (Å²) in [7, 11) is -1.12. The fourth-order valence-corrected chi connectivity index (χ4v) is 4.99. The van der Waals surface area contributed by atoms with E-state index in [0.29, 0.717) is 18.1 Å². The summed E-state index contributed by atoms with van der Waals surface area (Å²) in [6, 6.07) is 12.3. The zero-order valence-corrected chi connectivity index (χ0v) is 14.8. The lowest BCUT2D eigenvalue weighted by Gasteiger charge is -2.14. The van der Waals surface area contributed by atoms with Crippen LogP contribution in [0.2, 0.25) is 0 Å². The molecule has 2 aromatic carbocycles. The van der Waals surface area contributed by atoms with Crippen molar-refractivity contribution in [2.75, 3.05) is 25.2 Å². The van der Waals surface area contributed by atoms with Crippen LogP contribution in [0.3, 0.4) is 0 Å². The first-order chi connectivity index (χ1) is 10.6. The molecule has 1 fully saturated rings. The molecule has 1 aliphatic rings. The van der Waals surface area contributed by atoms with E-state index in [2.05, 4.69) is 23.5 Å². The summed E-state index contributed by atoms with van der Waals surface area (Å²) in [5.41, 5.74) is 1.13. The number of sulfone groups is 1. The Morgan fingerprint density at radius 2 is 2.00 bits per heavy atom. The summed E-state index contributed by atoms with van der Waals surface area (Å²) in [6.07, 6.45) is 0.766. The quantitative estimate of drug-likeness (QED) is 0.896. The first-order valence-corrected chi connectivity index (χ1v) is 9.37. The largest absolute Gasteiger partial charge is 0.496 e. The Morgan fingerprint density at radius 3 is 2.70 bits per heavy atom. The molecule has 0 spiro atoms. The van der Waals surface area contributed by atoms with Crippen LogP contribution >= 0.6 is 12.4 Å². The van der Waals surface area contributed by atoms with Gasteiger partial charge in [0, 0.05) is 12.1 Å². The Balaban J connectivity index is 0.00000192. The molecule has 0 radical (unpaired) electrons. The van der Waals surface area contributed by atoms with E-state index in [1.54, 1.807) is 7.11 Å². The van der Waals surface area contributed by atoms with Gasteiger partial charge in [-0.3, -0.25) is 0 Å². The molecule has 1 unspecified atom stereocenters. The number of rotatable bonds is 5. The lowest BCUT2D eigenvalue weighted by molar-refractivity contribution is 0.407. The highest BCUT2D eigenvalue weighted by molar-refractivity contribution is 7.91. The molecular formula is C17H22ClNO3S. The van der Waals surface area contributed by atoms with Crippen molar-refractivity contribution in [2.45, 2.75) is 13.0 Å². The smallest absolute Gasteiger partial charge is 0.150 e. The molecule has 126 valence electrons. The number of benzene rings is 2. The molecule has 2 aromatic rings. The number of hydrogen-bond donors (Lipinski definition) is 1. The molecule has 1 heterocycles. The Bertz CT molecular complexity index is 777. The summed E-state index contributed by atoms with van der Waals surface area (Å²) < 4.78 is 28.5. The molecule has 0 bridgehead atoms. The van der Waals surface area contributed by atoms with Crippen molar-refractivity contribution >= 4 is 33.0 Å². The van der Waals surface area contributed by atoms with E-state index < -0.39 is 9.84 Å². The Labute approximate surface area is 143 Å². The topological polar surface area (TPSA) is 55.4 Å². The third-order valence-electron chi connectivity index (χ3n) is 4.28.